The standard InChI is InChI=1S/C11H17N3S/c1-7(2)15-6-11-13-9(8-3-4-8)5-10(12)14-11/h5,7-8H,3-4,6H2,1-2H3,(H2,12,13,14). The van der Waals surface area contributed by atoms with Crippen molar-refractivity contribution < 1.29 is 0 Å². The molecule has 2 N–H and O–H groups in total. The molecule has 82 valence electrons. The normalized spacial score (nSPS) is 15.9. The van der Waals surface area contributed by atoms with Gasteiger partial charge in [0.1, 0.15) is 11.6 Å². The Balaban J connectivity index is 2.09. The molecule has 0 unspecified atom stereocenters. The van der Waals surface area contributed by atoms with Crippen molar-refractivity contribution in [3.63, 3.8) is 0 Å². The molecule has 2 rings (SSSR count). The monoisotopic (exact) mass is 223 g/mol. The van der Waals surface area contributed by atoms with Crippen LogP contribution in [-0.4, -0.2) is 15.2 Å². The predicted octanol–water partition coefficient (Wildman–Crippen LogP) is 2.58. The average Bonchev–Trinajstić information content (AvgIpc) is 2.97. The lowest BCUT2D eigenvalue weighted by atomic mass is 10.3. The maximum Gasteiger partial charge on any atom is 0.140 e. The second-order valence-electron chi connectivity index (χ2n) is 4.27. The fraction of sp³-hybridized carbons (Fsp3) is 0.636. The first-order chi connectivity index (χ1) is 7.15. The second kappa shape index (κ2) is 4.39. The number of nitrogen functional groups attached to an aromatic ring is 1. The fourth-order valence-corrected chi connectivity index (χ4v) is 2.04. The summed E-state index contributed by atoms with van der Waals surface area (Å²) < 4.78 is 0. The summed E-state index contributed by atoms with van der Waals surface area (Å²) in [6.07, 6.45) is 2.51. The van der Waals surface area contributed by atoms with E-state index in [0.717, 1.165) is 17.3 Å². The topological polar surface area (TPSA) is 51.8 Å². The molecule has 1 heterocycles. The number of nitrogens with zero attached hydrogens (tertiary/aromatic N) is 2. The van der Waals surface area contributed by atoms with E-state index in [1.807, 2.05) is 17.8 Å². The summed E-state index contributed by atoms with van der Waals surface area (Å²) in [4.78, 5) is 8.82. The molecule has 0 amide bonds. The molecule has 0 radical (unpaired) electrons. The van der Waals surface area contributed by atoms with Gasteiger partial charge in [0.25, 0.3) is 0 Å². The third-order valence-corrected chi connectivity index (χ3v) is 3.45. The van der Waals surface area contributed by atoms with Gasteiger partial charge in [0.2, 0.25) is 0 Å². The van der Waals surface area contributed by atoms with Gasteiger partial charge in [-0.1, -0.05) is 13.8 Å². The lowest BCUT2D eigenvalue weighted by molar-refractivity contribution is 0.934. The van der Waals surface area contributed by atoms with Gasteiger partial charge in [-0.3, -0.25) is 0 Å². The summed E-state index contributed by atoms with van der Waals surface area (Å²) in [5.41, 5.74) is 6.91. The summed E-state index contributed by atoms with van der Waals surface area (Å²) in [5.74, 6) is 3.02. The fourth-order valence-electron chi connectivity index (χ4n) is 1.43. The summed E-state index contributed by atoms with van der Waals surface area (Å²) in [5, 5.41) is 0.611. The first-order valence-corrected chi connectivity index (χ1v) is 6.45. The smallest absolute Gasteiger partial charge is 0.140 e. The molecule has 0 atom stereocenters. The number of rotatable bonds is 4. The highest BCUT2D eigenvalue weighted by atomic mass is 32.2. The zero-order chi connectivity index (χ0) is 10.8. The van der Waals surface area contributed by atoms with Gasteiger partial charge in [0.05, 0.1) is 5.75 Å². The molecule has 0 aromatic carbocycles. The molecule has 3 nitrogen and oxygen atoms in total. The van der Waals surface area contributed by atoms with Gasteiger partial charge < -0.3 is 5.73 Å². The van der Waals surface area contributed by atoms with Crippen LogP contribution in [0.25, 0.3) is 0 Å². The molecule has 0 saturated heterocycles. The van der Waals surface area contributed by atoms with Crippen molar-refractivity contribution >= 4 is 17.6 Å². The second-order valence-corrected chi connectivity index (χ2v) is 5.83. The first kappa shape index (κ1) is 10.7. The molecular weight excluding hydrogens is 206 g/mol. The van der Waals surface area contributed by atoms with Crippen LogP contribution in [0.2, 0.25) is 0 Å². The Labute approximate surface area is 94.9 Å². The van der Waals surface area contributed by atoms with Gasteiger partial charge in [-0.2, -0.15) is 11.8 Å². The quantitative estimate of drug-likeness (QED) is 0.852. The van der Waals surface area contributed by atoms with E-state index in [1.165, 1.54) is 12.8 Å². The van der Waals surface area contributed by atoms with Crippen LogP contribution in [-0.2, 0) is 5.75 Å². The van der Waals surface area contributed by atoms with E-state index in [9.17, 15) is 0 Å². The number of hydrogen-bond donors (Lipinski definition) is 1. The minimum absolute atomic E-state index is 0.611. The Kier molecular flexibility index (Phi) is 3.14. The van der Waals surface area contributed by atoms with E-state index in [0.29, 0.717) is 17.0 Å². The van der Waals surface area contributed by atoms with E-state index < -0.39 is 0 Å². The van der Waals surface area contributed by atoms with Gasteiger partial charge in [-0.05, 0) is 18.1 Å². The van der Waals surface area contributed by atoms with Crippen LogP contribution in [0, 0.1) is 0 Å². The average molecular weight is 223 g/mol. The molecule has 4 heteroatoms. The third-order valence-electron chi connectivity index (χ3n) is 2.35. The number of anilines is 1. The lowest BCUT2D eigenvalue weighted by Crippen LogP contribution is -2.02. The van der Waals surface area contributed by atoms with Crippen LogP contribution in [0.15, 0.2) is 6.07 Å². The van der Waals surface area contributed by atoms with Crippen molar-refractivity contribution in [2.24, 2.45) is 0 Å². The summed E-state index contributed by atoms with van der Waals surface area (Å²) >= 11 is 1.85. The maximum absolute atomic E-state index is 5.77. The van der Waals surface area contributed by atoms with E-state index in [2.05, 4.69) is 23.8 Å². The van der Waals surface area contributed by atoms with E-state index >= 15 is 0 Å². The number of aromatic nitrogens is 2. The van der Waals surface area contributed by atoms with Crippen molar-refractivity contribution in [2.75, 3.05) is 5.73 Å². The van der Waals surface area contributed by atoms with Crippen molar-refractivity contribution in [2.45, 2.75) is 43.6 Å². The number of hydrogen-bond acceptors (Lipinski definition) is 4. The molecule has 1 fully saturated rings. The Morgan fingerprint density at radius 3 is 2.80 bits per heavy atom. The SMILES string of the molecule is CC(C)SCc1nc(N)cc(C2CC2)n1. The predicted molar refractivity (Wildman–Crippen MR) is 64.9 cm³/mol. The van der Waals surface area contributed by atoms with Gasteiger partial charge in [-0.15, -0.1) is 0 Å². The number of thioether (sulfide) groups is 1. The maximum atomic E-state index is 5.77. The third kappa shape index (κ3) is 3.09. The highest BCUT2D eigenvalue weighted by Gasteiger charge is 2.25. The minimum atomic E-state index is 0.611. The van der Waals surface area contributed by atoms with Crippen molar-refractivity contribution in [3.05, 3.63) is 17.6 Å². The molecular formula is C11H17N3S. The molecule has 15 heavy (non-hydrogen) atoms. The Morgan fingerprint density at radius 2 is 2.20 bits per heavy atom. The van der Waals surface area contributed by atoms with Gasteiger partial charge >= 0.3 is 0 Å². The number of nitrogens with two attached hydrogens (primary N) is 1. The van der Waals surface area contributed by atoms with E-state index in [1.54, 1.807) is 0 Å². The minimum Gasteiger partial charge on any atom is -0.384 e. The van der Waals surface area contributed by atoms with Crippen LogP contribution in [0.4, 0.5) is 5.82 Å². The lowest BCUT2D eigenvalue weighted by Gasteiger charge is -2.06. The zero-order valence-electron chi connectivity index (χ0n) is 9.23. The van der Waals surface area contributed by atoms with Crippen LogP contribution in [0.3, 0.4) is 0 Å². The Hall–Kier alpha value is -0.770. The molecule has 1 saturated carbocycles. The molecule has 1 aliphatic rings. The Morgan fingerprint density at radius 1 is 1.47 bits per heavy atom. The van der Waals surface area contributed by atoms with Crippen LogP contribution in [0.1, 0.15) is 44.1 Å². The summed E-state index contributed by atoms with van der Waals surface area (Å²) in [7, 11) is 0. The Bertz CT molecular complexity index is 348. The van der Waals surface area contributed by atoms with Crippen molar-refractivity contribution in [1.29, 1.82) is 0 Å². The highest BCUT2D eigenvalue weighted by molar-refractivity contribution is 7.99. The first-order valence-electron chi connectivity index (χ1n) is 5.40. The molecule has 1 aliphatic carbocycles. The highest BCUT2D eigenvalue weighted by Crippen LogP contribution is 2.39. The summed E-state index contributed by atoms with van der Waals surface area (Å²) in [6.45, 7) is 4.36. The zero-order valence-corrected chi connectivity index (χ0v) is 10.0. The molecule has 1 aromatic rings. The van der Waals surface area contributed by atoms with Crippen molar-refractivity contribution in [3.8, 4) is 0 Å². The largest absolute Gasteiger partial charge is 0.384 e. The van der Waals surface area contributed by atoms with Gasteiger partial charge in [0, 0.05) is 17.7 Å². The van der Waals surface area contributed by atoms with Crippen LogP contribution in [0.5, 0.6) is 0 Å². The van der Waals surface area contributed by atoms with Crippen molar-refractivity contribution in [1.82, 2.24) is 9.97 Å². The molecule has 0 spiro atoms. The van der Waals surface area contributed by atoms with Crippen LogP contribution < -0.4 is 5.73 Å². The van der Waals surface area contributed by atoms with E-state index in [-0.39, 0.29) is 0 Å². The molecule has 1 aromatic heterocycles. The summed E-state index contributed by atoms with van der Waals surface area (Å²) in [6, 6.07) is 1.92. The van der Waals surface area contributed by atoms with E-state index in [4.69, 9.17) is 5.73 Å². The molecule has 0 bridgehead atoms. The van der Waals surface area contributed by atoms with Crippen LogP contribution >= 0.6 is 11.8 Å². The molecule has 0 aliphatic heterocycles. The van der Waals surface area contributed by atoms with Gasteiger partial charge in [0.15, 0.2) is 0 Å². The van der Waals surface area contributed by atoms with Gasteiger partial charge in [-0.25, -0.2) is 9.97 Å².